The summed E-state index contributed by atoms with van der Waals surface area (Å²) in [4.78, 5) is 19.2. The Hall–Kier alpha value is -1.89. The molecule has 0 unspecified atom stereocenters. The molecule has 0 saturated carbocycles. The summed E-state index contributed by atoms with van der Waals surface area (Å²) in [5.74, 6) is 1.28. The van der Waals surface area contributed by atoms with Gasteiger partial charge in [-0.2, -0.15) is 4.98 Å². The second-order valence-electron chi connectivity index (χ2n) is 6.35. The summed E-state index contributed by atoms with van der Waals surface area (Å²) in [5, 5.41) is 6.00. The van der Waals surface area contributed by atoms with Crippen molar-refractivity contribution in [3.05, 3.63) is 23.4 Å². The molecule has 0 N–H and O–H groups in total. The van der Waals surface area contributed by atoms with Gasteiger partial charge in [0.25, 0.3) is 0 Å². The maximum atomic E-state index is 12.1. The zero-order valence-electron chi connectivity index (χ0n) is 12.9. The quantitative estimate of drug-likeness (QED) is 0.846. The fourth-order valence-corrected chi connectivity index (χ4v) is 3.01. The lowest BCUT2D eigenvalue weighted by Crippen LogP contribution is -2.35. The molecule has 118 valence electrons. The number of amides is 1. The Morgan fingerprint density at radius 3 is 3.00 bits per heavy atom. The van der Waals surface area contributed by atoms with Crippen molar-refractivity contribution in [2.45, 2.75) is 38.7 Å². The smallest absolute Gasteiger partial charge is 0.410 e. The molecule has 22 heavy (non-hydrogen) atoms. The molecule has 0 radical (unpaired) electrons. The third kappa shape index (κ3) is 3.30. The second kappa shape index (κ2) is 5.72. The number of carbonyl (C=O) groups excluding carboxylic acids is 1. The molecule has 0 spiro atoms. The van der Waals surface area contributed by atoms with Crippen LogP contribution in [0.2, 0.25) is 0 Å². The third-order valence-corrected chi connectivity index (χ3v) is 4.24. The van der Waals surface area contributed by atoms with E-state index in [1.165, 1.54) is 0 Å². The van der Waals surface area contributed by atoms with Crippen LogP contribution in [-0.4, -0.2) is 39.8 Å². The van der Waals surface area contributed by atoms with Gasteiger partial charge in [-0.25, -0.2) is 4.79 Å². The number of hydrogen-bond acceptors (Lipinski definition) is 6. The first-order valence-electron chi connectivity index (χ1n) is 7.28. The summed E-state index contributed by atoms with van der Waals surface area (Å²) < 4.78 is 10.8. The van der Waals surface area contributed by atoms with Gasteiger partial charge in [0.05, 0.1) is 10.8 Å². The minimum absolute atomic E-state index is 0.0775. The minimum Gasteiger partial charge on any atom is -0.444 e. The highest BCUT2D eigenvalue weighted by atomic mass is 32.1. The van der Waals surface area contributed by atoms with E-state index in [4.69, 9.17) is 9.26 Å². The zero-order chi connectivity index (χ0) is 15.7. The highest BCUT2D eigenvalue weighted by Crippen LogP contribution is 2.29. The van der Waals surface area contributed by atoms with E-state index in [2.05, 4.69) is 10.1 Å². The van der Waals surface area contributed by atoms with Gasteiger partial charge < -0.3 is 14.2 Å². The van der Waals surface area contributed by atoms with E-state index in [1.807, 2.05) is 38.3 Å². The van der Waals surface area contributed by atoms with E-state index in [1.54, 1.807) is 16.2 Å². The molecule has 6 nitrogen and oxygen atoms in total. The van der Waals surface area contributed by atoms with Crippen LogP contribution in [0.3, 0.4) is 0 Å². The summed E-state index contributed by atoms with van der Waals surface area (Å²) in [7, 11) is 0. The lowest BCUT2D eigenvalue weighted by atomic mass is 10.1. The van der Waals surface area contributed by atoms with Crippen molar-refractivity contribution in [3.63, 3.8) is 0 Å². The first-order valence-corrected chi connectivity index (χ1v) is 8.16. The predicted octanol–water partition coefficient (Wildman–Crippen LogP) is 3.52. The highest BCUT2D eigenvalue weighted by Gasteiger charge is 2.33. The van der Waals surface area contributed by atoms with Crippen LogP contribution in [0, 0.1) is 0 Å². The number of hydrogen-bond donors (Lipinski definition) is 0. The van der Waals surface area contributed by atoms with E-state index in [0.29, 0.717) is 24.8 Å². The Labute approximate surface area is 133 Å². The van der Waals surface area contributed by atoms with Crippen LogP contribution in [0.5, 0.6) is 0 Å². The zero-order valence-corrected chi connectivity index (χ0v) is 13.7. The number of ether oxygens (including phenoxy) is 1. The molecule has 7 heteroatoms. The van der Waals surface area contributed by atoms with Gasteiger partial charge in [-0.05, 0) is 38.6 Å². The van der Waals surface area contributed by atoms with Crippen molar-refractivity contribution >= 4 is 17.4 Å². The molecule has 0 bridgehead atoms. The fraction of sp³-hybridized carbons (Fsp3) is 0.533. The molecule has 2 aromatic rings. The summed E-state index contributed by atoms with van der Waals surface area (Å²) >= 11 is 1.57. The van der Waals surface area contributed by atoms with Gasteiger partial charge >= 0.3 is 6.09 Å². The number of aromatic nitrogens is 2. The van der Waals surface area contributed by atoms with E-state index < -0.39 is 5.60 Å². The van der Waals surface area contributed by atoms with Crippen molar-refractivity contribution in [1.82, 2.24) is 15.0 Å². The van der Waals surface area contributed by atoms with Gasteiger partial charge in [-0.15, -0.1) is 11.3 Å². The molecule has 1 fully saturated rings. The van der Waals surface area contributed by atoms with Crippen LogP contribution < -0.4 is 0 Å². The van der Waals surface area contributed by atoms with Crippen LogP contribution in [0.4, 0.5) is 4.79 Å². The van der Waals surface area contributed by atoms with Crippen LogP contribution in [-0.2, 0) is 4.74 Å². The molecular weight excluding hydrogens is 302 g/mol. The fourth-order valence-electron chi connectivity index (χ4n) is 2.36. The molecule has 1 atom stereocenters. The molecule has 0 aliphatic carbocycles. The van der Waals surface area contributed by atoms with Gasteiger partial charge in [0.1, 0.15) is 5.60 Å². The first-order chi connectivity index (χ1) is 10.4. The van der Waals surface area contributed by atoms with Crippen molar-refractivity contribution in [1.29, 1.82) is 0 Å². The van der Waals surface area contributed by atoms with Crippen molar-refractivity contribution in [2.75, 3.05) is 13.1 Å². The molecule has 2 aromatic heterocycles. The molecule has 1 amide bonds. The van der Waals surface area contributed by atoms with E-state index in [-0.39, 0.29) is 12.0 Å². The number of nitrogens with zero attached hydrogens (tertiary/aromatic N) is 3. The van der Waals surface area contributed by atoms with Crippen LogP contribution in [0.15, 0.2) is 22.0 Å². The molecule has 0 aromatic carbocycles. The van der Waals surface area contributed by atoms with Gasteiger partial charge in [-0.3, -0.25) is 0 Å². The Bertz CT molecular complexity index is 645. The number of likely N-dealkylation sites (tertiary alicyclic amines) is 1. The monoisotopic (exact) mass is 321 g/mol. The standard InChI is InChI=1S/C15H19N3O3S/c1-15(2,3)20-14(19)18-7-6-10(9-18)13-16-12(17-21-13)11-5-4-8-22-11/h4-5,8,10H,6-7,9H2,1-3H3/t10-/m1/s1. The van der Waals surface area contributed by atoms with E-state index in [9.17, 15) is 4.79 Å². The number of thiophene rings is 1. The lowest BCUT2D eigenvalue weighted by molar-refractivity contribution is 0.0291. The minimum atomic E-state index is -0.480. The summed E-state index contributed by atoms with van der Waals surface area (Å²) in [5.41, 5.74) is -0.480. The molecule has 1 aliphatic rings. The Kier molecular flexibility index (Phi) is 3.90. The third-order valence-electron chi connectivity index (χ3n) is 3.37. The van der Waals surface area contributed by atoms with Crippen LogP contribution >= 0.6 is 11.3 Å². The van der Waals surface area contributed by atoms with E-state index in [0.717, 1.165) is 11.3 Å². The molecular formula is C15H19N3O3S. The normalized spacial score (nSPS) is 18.7. The summed E-state index contributed by atoms with van der Waals surface area (Å²) in [6.45, 7) is 6.80. The first kappa shape index (κ1) is 15.0. The van der Waals surface area contributed by atoms with Crippen LogP contribution in [0.25, 0.3) is 10.7 Å². The highest BCUT2D eigenvalue weighted by molar-refractivity contribution is 7.13. The van der Waals surface area contributed by atoms with Crippen molar-refractivity contribution < 1.29 is 14.1 Å². The van der Waals surface area contributed by atoms with Crippen molar-refractivity contribution in [2.24, 2.45) is 0 Å². The maximum absolute atomic E-state index is 12.1. The molecule has 1 saturated heterocycles. The summed E-state index contributed by atoms with van der Waals surface area (Å²) in [6, 6.07) is 3.91. The van der Waals surface area contributed by atoms with E-state index >= 15 is 0 Å². The van der Waals surface area contributed by atoms with Gasteiger partial charge in [-0.1, -0.05) is 11.2 Å². The largest absolute Gasteiger partial charge is 0.444 e. The Morgan fingerprint density at radius 1 is 1.50 bits per heavy atom. The lowest BCUT2D eigenvalue weighted by Gasteiger charge is -2.24. The number of carbonyl (C=O) groups is 1. The average molecular weight is 321 g/mol. The topological polar surface area (TPSA) is 68.5 Å². The summed E-state index contributed by atoms with van der Waals surface area (Å²) in [6.07, 6.45) is 0.527. The predicted molar refractivity (Wildman–Crippen MR) is 82.8 cm³/mol. The number of rotatable bonds is 2. The van der Waals surface area contributed by atoms with Crippen molar-refractivity contribution in [3.8, 4) is 10.7 Å². The SMILES string of the molecule is CC(C)(C)OC(=O)N1CC[C@@H](c2nc(-c3cccs3)no2)C1. The molecule has 3 rings (SSSR count). The second-order valence-corrected chi connectivity index (χ2v) is 7.29. The van der Waals surface area contributed by atoms with Gasteiger partial charge in [0.2, 0.25) is 11.7 Å². The average Bonchev–Trinajstić information content (AvgIpc) is 3.18. The van der Waals surface area contributed by atoms with Gasteiger partial charge in [0.15, 0.2) is 0 Å². The Morgan fingerprint density at radius 2 is 2.32 bits per heavy atom. The maximum Gasteiger partial charge on any atom is 0.410 e. The Balaban J connectivity index is 1.64. The van der Waals surface area contributed by atoms with Crippen LogP contribution in [0.1, 0.15) is 39.0 Å². The molecule has 1 aliphatic heterocycles. The molecule has 3 heterocycles. The van der Waals surface area contributed by atoms with Gasteiger partial charge in [0, 0.05) is 13.1 Å².